The van der Waals surface area contributed by atoms with Gasteiger partial charge in [0.2, 0.25) is 0 Å². The molecule has 3 rings (SSSR count). The van der Waals surface area contributed by atoms with E-state index < -0.39 is 6.04 Å². The van der Waals surface area contributed by atoms with Gasteiger partial charge in [0.15, 0.2) is 0 Å². The van der Waals surface area contributed by atoms with Crippen LogP contribution in [0.25, 0.3) is 10.9 Å². The molecule has 0 amide bonds. The molecule has 136 valence electrons. The first-order valence-corrected chi connectivity index (χ1v) is 9.76. The van der Waals surface area contributed by atoms with Crippen molar-refractivity contribution in [1.29, 1.82) is 0 Å². The van der Waals surface area contributed by atoms with Crippen LogP contribution in [-0.4, -0.2) is 9.66 Å². The number of hydrogen-bond acceptors (Lipinski definition) is 4. The van der Waals surface area contributed by atoms with E-state index in [0.717, 1.165) is 5.56 Å². The molecule has 3 N–H and O–H groups in total. The van der Waals surface area contributed by atoms with Crippen LogP contribution in [0.2, 0.25) is 0 Å². The summed E-state index contributed by atoms with van der Waals surface area (Å²) in [7, 11) is 0. The number of nitrogens with zero attached hydrogens (tertiary/aromatic N) is 2. The minimum atomic E-state index is -0.455. The van der Waals surface area contributed by atoms with Crippen LogP contribution < -0.4 is 16.7 Å². The van der Waals surface area contributed by atoms with Crippen LogP contribution in [0.5, 0.6) is 0 Å². The molecule has 2 aromatic carbocycles. The molecule has 0 aliphatic carbocycles. The van der Waals surface area contributed by atoms with Crippen LogP contribution in [-0.2, 0) is 4.43 Å². The van der Waals surface area contributed by atoms with Crippen molar-refractivity contribution >= 4 is 39.2 Å². The summed E-state index contributed by atoms with van der Waals surface area (Å²) in [4.78, 5) is 17.9. The van der Waals surface area contributed by atoms with Crippen LogP contribution in [0, 0.1) is 19.7 Å². The van der Waals surface area contributed by atoms with Crippen molar-refractivity contribution in [2.75, 3.05) is 5.43 Å². The predicted molar refractivity (Wildman–Crippen MR) is 111 cm³/mol. The van der Waals surface area contributed by atoms with Crippen molar-refractivity contribution < 1.29 is 4.39 Å². The van der Waals surface area contributed by atoms with Gasteiger partial charge in [-0.15, -0.1) is 0 Å². The molecule has 0 radical (unpaired) electrons. The largest absolute Gasteiger partial charge is 0.322 e. The van der Waals surface area contributed by atoms with Crippen molar-refractivity contribution in [2.24, 2.45) is 5.73 Å². The molecule has 0 fully saturated rings. The molecule has 26 heavy (non-hydrogen) atoms. The van der Waals surface area contributed by atoms with E-state index >= 15 is 0 Å². The molecule has 1 atom stereocenters. The van der Waals surface area contributed by atoms with E-state index in [1.54, 1.807) is 20.8 Å². The minimum absolute atomic E-state index is 0.210. The number of hydrogen-bond donors (Lipinski definition) is 2. The van der Waals surface area contributed by atoms with Gasteiger partial charge in [-0.3, -0.25) is 10.2 Å². The van der Waals surface area contributed by atoms with E-state index in [1.165, 1.54) is 16.8 Å². The Kier molecular flexibility index (Phi) is 5.29. The summed E-state index contributed by atoms with van der Waals surface area (Å²) in [5, 5.41) is 0.566. The number of aryl methyl sites for hydroxylation is 2. The Morgan fingerprint density at radius 3 is 2.54 bits per heavy atom. The quantitative estimate of drug-likeness (QED) is 0.451. The van der Waals surface area contributed by atoms with Gasteiger partial charge in [-0.1, -0.05) is 34.7 Å². The molecular weight excluding hydrogens is 446 g/mol. The van der Waals surface area contributed by atoms with E-state index in [2.05, 4.69) is 33.0 Å². The van der Waals surface area contributed by atoms with Gasteiger partial charge in [0.25, 0.3) is 5.56 Å². The maximum absolute atomic E-state index is 13.6. The number of aromatic nitrogens is 2. The fourth-order valence-corrected chi connectivity index (χ4v) is 3.68. The summed E-state index contributed by atoms with van der Waals surface area (Å²) >= 11 is 2.23. The summed E-state index contributed by atoms with van der Waals surface area (Å²) in [6.45, 7) is 5.36. The van der Waals surface area contributed by atoms with Crippen LogP contribution in [0.1, 0.15) is 35.5 Å². The standard InChI is InChI=1S/C19H20FIN4O/c1-10-7-14(20)8-11(2)17(10)24-25-18(12(3)22)23-15-6-4-5-13(9-21)16(15)19(25)26/h4-8,12,24H,9,22H2,1-3H3/t12-/m0/s1. The number of fused-ring (bicyclic) bond motifs is 1. The van der Waals surface area contributed by atoms with E-state index in [0.29, 0.717) is 38.0 Å². The fourth-order valence-electron chi connectivity index (χ4n) is 3.04. The summed E-state index contributed by atoms with van der Waals surface area (Å²) in [6, 6.07) is 8.02. The normalized spacial score (nSPS) is 12.4. The monoisotopic (exact) mass is 466 g/mol. The predicted octanol–water partition coefficient (Wildman–Crippen LogP) is 3.98. The zero-order valence-electron chi connectivity index (χ0n) is 14.8. The highest BCUT2D eigenvalue weighted by Crippen LogP contribution is 2.23. The average molecular weight is 466 g/mol. The summed E-state index contributed by atoms with van der Waals surface area (Å²) < 4.78 is 15.7. The van der Waals surface area contributed by atoms with Crippen LogP contribution in [0.3, 0.4) is 0 Å². The Hall–Kier alpha value is -2.00. The molecule has 0 unspecified atom stereocenters. The molecular formula is C19H20FIN4O. The lowest BCUT2D eigenvalue weighted by atomic mass is 10.1. The second-order valence-corrected chi connectivity index (χ2v) is 7.13. The highest BCUT2D eigenvalue weighted by atomic mass is 127. The lowest BCUT2D eigenvalue weighted by Crippen LogP contribution is -2.34. The van der Waals surface area contributed by atoms with Gasteiger partial charge in [-0.25, -0.2) is 14.1 Å². The maximum atomic E-state index is 13.6. The molecule has 0 aliphatic heterocycles. The SMILES string of the molecule is Cc1cc(F)cc(C)c1Nn1c([C@H](C)N)nc2cccc(CI)c2c1=O. The Bertz CT molecular complexity index is 1020. The molecule has 5 nitrogen and oxygen atoms in total. The summed E-state index contributed by atoms with van der Waals surface area (Å²) in [6.07, 6.45) is 0. The second-order valence-electron chi connectivity index (χ2n) is 6.37. The van der Waals surface area contributed by atoms with Gasteiger partial charge in [0.1, 0.15) is 11.6 Å². The van der Waals surface area contributed by atoms with Crippen molar-refractivity contribution in [3.8, 4) is 0 Å². The van der Waals surface area contributed by atoms with E-state index in [4.69, 9.17) is 5.73 Å². The summed E-state index contributed by atoms with van der Waals surface area (Å²) in [5.74, 6) is 0.116. The smallest absolute Gasteiger partial charge is 0.280 e. The molecule has 0 aliphatic rings. The maximum Gasteiger partial charge on any atom is 0.280 e. The highest BCUT2D eigenvalue weighted by molar-refractivity contribution is 14.1. The Balaban J connectivity index is 2.30. The molecule has 7 heteroatoms. The van der Waals surface area contributed by atoms with Crippen molar-refractivity contribution in [2.45, 2.75) is 31.2 Å². The van der Waals surface area contributed by atoms with E-state index in [-0.39, 0.29) is 11.4 Å². The fraction of sp³-hybridized carbons (Fsp3) is 0.263. The minimum Gasteiger partial charge on any atom is -0.322 e. The van der Waals surface area contributed by atoms with Gasteiger partial charge in [0, 0.05) is 4.43 Å². The van der Waals surface area contributed by atoms with Gasteiger partial charge < -0.3 is 5.73 Å². The van der Waals surface area contributed by atoms with Gasteiger partial charge in [0.05, 0.1) is 22.6 Å². The zero-order valence-corrected chi connectivity index (χ0v) is 17.0. The third-order valence-electron chi connectivity index (χ3n) is 4.28. The number of alkyl halides is 1. The zero-order chi connectivity index (χ0) is 19.0. The lowest BCUT2D eigenvalue weighted by molar-refractivity contribution is 0.624. The van der Waals surface area contributed by atoms with Gasteiger partial charge in [-0.05, 0) is 55.7 Å². The number of halogens is 2. The van der Waals surface area contributed by atoms with Gasteiger partial charge >= 0.3 is 0 Å². The second kappa shape index (κ2) is 7.32. The highest BCUT2D eigenvalue weighted by Gasteiger charge is 2.17. The molecule has 1 aromatic heterocycles. The topological polar surface area (TPSA) is 72.9 Å². The molecule has 0 saturated heterocycles. The van der Waals surface area contributed by atoms with Crippen LogP contribution >= 0.6 is 22.6 Å². The first kappa shape index (κ1) is 18.8. The van der Waals surface area contributed by atoms with E-state index in [1.807, 2.05) is 18.2 Å². The lowest BCUT2D eigenvalue weighted by Gasteiger charge is -2.20. The molecule has 0 saturated carbocycles. The summed E-state index contributed by atoms with van der Waals surface area (Å²) in [5.41, 5.74) is 12.6. The van der Waals surface area contributed by atoms with Crippen molar-refractivity contribution in [3.63, 3.8) is 0 Å². The Labute approximate surface area is 164 Å². The number of rotatable bonds is 4. The molecule has 0 bridgehead atoms. The molecule has 3 aromatic rings. The third-order valence-corrected chi connectivity index (χ3v) is 5.10. The Morgan fingerprint density at radius 1 is 1.31 bits per heavy atom. The Morgan fingerprint density at radius 2 is 1.96 bits per heavy atom. The first-order chi connectivity index (χ1) is 12.3. The molecule has 1 heterocycles. The van der Waals surface area contributed by atoms with Crippen LogP contribution in [0.4, 0.5) is 10.1 Å². The van der Waals surface area contributed by atoms with Gasteiger partial charge in [-0.2, -0.15) is 0 Å². The first-order valence-electron chi connectivity index (χ1n) is 8.23. The third kappa shape index (κ3) is 3.33. The number of anilines is 1. The van der Waals surface area contributed by atoms with Crippen molar-refractivity contribution in [1.82, 2.24) is 9.66 Å². The number of nitrogens with two attached hydrogens (primary N) is 1. The number of benzene rings is 2. The number of nitrogens with one attached hydrogen (secondary N) is 1. The average Bonchev–Trinajstić information content (AvgIpc) is 2.58. The molecule has 0 spiro atoms. The van der Waals surface area contributed by atoms with E-state index in [9.17, 15) is 9.18 Å². The van der Waals surface area contributed by atoms with Crippen LogP contribution in [0.15, 0.2) is 35.1 Å². The van der Waals surface area contributed by atoms with Crippen molar-refractivity contribution in [3.05, 3.63) is 69.0 Å².